The summed E-state index contributed by atoms with van der Waals surface area (Å²) in [6.07, 6.45) is 1.52. The minimum absolute atomic E-state index is 0.0666. The van der Waals surface area contributed by atoms with Crippen LogP contribution >= 0.6 is 0 Å². The highest BCUT2D eigenvalue weighted by atomic mass is 19.3. The topological polar surface area (TPSA) is 22.1 Å². The van der Waals surface area contributed by atoms with Crippen LogP contribution in [-0.4, -0.2) is 30.2 Å². The van der Waals surface area contributed by atoms with Crippen molar-refractivity contribution in [2.45, 2.75) is 13.2 Å². The molecule has 1 heterocycles. The largest absolute Gasteiger partial charge is 0.458 e. The minimum Gasteiger partial charge on any atom is -0.458 e. The van der Waals surface area contributed by atoms with Crippen LogP contribution in [-0.2, 0) is 6.54 Å². The third kappa shape index (κ3) is 4.69. The number of nitrogens with zero attached hydrogens (tertiary/aromatic N) is 2. The van der Waals surface area contributed by atoms with E-state index in [0.29, 0.717) is 11.0 Å². The third-order valence-electron chi connectivity index (χ3n) is 1.62. The number of aromatic nitrogens is 1. The fourth-order valence-corrected chi connectivity index (χ4v) is 1.16. The molecule has 0 radical (unpaired) electrons. The number of rotatable bonds is 4. The summed E-state index contributed by atoms with van der Waals surface area (Å²) in [4.78, 5) is 3.76. The van der Waals surface area contributed by atoms with Gasteiger partial charge in [-0.2, -0.15) is 8.78 Å². The van der Waals surface area contributed by atoms with Gasteiger partial charge in [0.05, 0.1) is 6.54 Å². The maximum atomic E-state index is 11.8. The Bertz CT molecular complexity index is 306. The molecule has 1 rings (SSSR count). The van der Waals surface area contributed by atoms with Crippen LogP contribution < -0.4 is 4.74 Å². The molecule has 0 aromatic carbocycles. The van der Waals surface area contributed by atoms with E-state index < -0.39 is 6.61 Å². The van der Waals surface area contributed by atoms with Gasteiger partial charge < -0.3 is 9.22 Å². The van der Waals surface area contributed by atoms with E-state index in [1.54, 1.807) is 6.07 Å². The average molecular weight is 216 g/mol. The SMILES string of the molecule is [CH2-][N+](C)(C)Cc1ccc(OC(F)F)nc1. The van der Waals surface area contributed by atoms with Crippen molar-refractivity contribution >= 4 is 0 Å². The van der Waals surface area contributed by atoms with Crippen molar-refractivity contribution in [3.05, 3.63) is 30.9 Å². The quantitative estimate of drug-likeness (QED) is 0.567. The van der Waals surface area contributed by atoms with E-state index >= 15 is 0 Å². The third-order valence-corrected chi connectivity index (χ3v) is 1.62. The summed E-state index contributed by atoms with van der Waals surface area (Å²) in [7, 11) is 7.76. The molecule has 1 aromatic rings. The Morgan fingerprint density at radius 2 is 2.13 bits per heavy atom. The second-order valence-corrected chi connectivity index (χ2v) is 3.98. The second-order valence-electron chi connectivity index (χ2n) is 3.98. The molecule has 0 fully saturated rings. The summed E-state index contributed by atoms with van der Waals surface area (Å²) in [6, 6.07) is 3.13. The van der Waals surface area contributed by atoms with Crippen LogP contribution in [0.2, 0.25) is 0 Å². The van der Waals surface area contributed by atoms with E-state index in [4.69, 9.17) is 0 Å². The van der Waals surface area contributed by atoms with Gasteiger partial charge in [-0.3, -0.25) is 0 Å². The Balaban J connectivity index is 2.64. The van der Waals surface area contributed by atoms with Crippen molar-refractivity contribution in [1.29, 1.82) is 0 Å². The van der Waals surface area contributed by atoms with Gasteiger partial charge in [0.2, 0.25) is 5.88 Å². The maximum Gasteiger partial charge on any atom is 0.388 e. The zero-order valence-electron chi connectivity index (χ0n) is 8.78. The Morgan fingerprint density at radius 1 is 1.47 bits per heavy atom. The van der Waals surface area contributed by atoms with Gasteiger partial charge in [0, 0.05) is 31.9 Å². The van der Waals surface area contributed by atoms with Crippen LogP contribution in [0.1, 0.15) is 5.56 Å². The molecule has 0 N–H and O–H groups in total. The first-order valence-electron chi connectivity index (χ1n) is 4.44. The fraction of sp³-hybridized carbons (Fsp3) is 0.400. The van der Waals surface area contributed by atoms with Gasteiger partial charge in [0.25, 0.3) is 0 Å². The number of alkyl halides is 2. The Labute approximate surface area is 87.9 Å². The van der Waals surface area contributed by atoms with Crippen LogP contribution in [0.3, 0.4) is 0 Å². The molecule has 84 valence electrons. The van der Waals surface area contributed by atoms with Crippen LogP contribution in [0.5, 0.6) is 5.88 Å². The van der Waals surface area contributed by atoms with Crippen molar-refractivity contribution in [1.82, 2.24) is 4.98 Å². The molecule has 0 amide bonds. The summed E-state index contributed by atoms with van der Waals surface area (Å²) < 4.78 is 28.3. The highest BCUT2D eigenvalue weighted by Crippen LogP contribution is 2.13. The van der Waals surface area contributed by atoms with Crippen molar-refractivity contribution in [2.24, 2.45) is 0 Å². The normalized spacial score (nSPS) is 11.9. The first-order chi connectivity index (χ1) is 6.87. The predicted molar refractivity (Wildman–Crippen MR) is 52.0 cm³/mol. The molecule has 0 unspecified atom stereocenters. The van der Waals surface area contributed by atoms with Crippen molar-refractivity contribution in [2.75, 3.05) is 14.1 Å². The van der Waals surface area contributed by atoms with E-state index in [-0.39, 0.29) is 5.88 Å². The predicted octanol–water partition coefficient (Wildman–Crippen LogP) is 2.05. The van der Waals surface area contributed by atoms with E-state index in [1.807, 2.05) is 14.1 Å². The lowest BCUT2D eigenvalue weighted by Crippen LogP contribution is -2.30. The van der Waals surface area contributed by atoms with E-state index in [1.165, 1.54) is 12.3 Å². The van der Waals surface area contributed by atoms with Crippen LogP contribution in [0.25, 0.3) is 0 Å². The summed E-state index contributed by atoms with van der Waals surface area (Å²) in [5, 5.41) is 0. The minimum atomic E-state index is -2.83. The van der Waals surface area contributed by atoms with Crippen LogP contribution in [0, 0.1) is 7.05 Å². The number of quaternary nitrogens is 1. The van der Waals surface area contributed by atoms with Gasteiger partial charge in [-0.15, -0.1) is 7.05 Å². The molecule has 1 aromatic heterocycles. The van der Waals surface area contributed by atoms with E-state index in [9.17, 15) is 8.78 Å². The summed E-state index contributed by atoms with van der Waals surface area (Å²) >= 11 is 0. The molecule has 0 aliphatic rings. The maximum absolute atomic E-state index is 11.8. The van der Waals surface area contributed by atoms with Crippen LogP contribution in [0.4, 0.5) is 8.78 Å². The van der Waals surface area contributed by atoms with Crippen LogP contribution in [0.15, 0.2) is 18.3 Å². The highest BCUT2D eigenvalue weighted by Gasteiger charge is 2.07. The number of hydrogen-bond acceptors (Lipinski definition) is 2. The van der Waals surface area contributed by atoms with Crippen molar-refractivity contribution < 1.29 is 18.0 Å². The molecule has 0 spiro atoms. The Hall–Kier alpha value is -1.23. The molecule has 0 saturated carbocycles. The smallest absolute Gasteiger partial charge is 0.388 e. The molecule has 15 heavy (non-hydrogen) atoms. The van der Waals surface area contributed by atoms with Gasteiger partial charge in [0.1, 0.15) is 0 Å². The summed E-state index contributed by atoms with van der Waals surface area (Å²) in [5.41, 5.74) is 0.927. The molecule has 0 aliphatic heterocycles. The molecule has 0 aliphatic carbocycles. The average Bonchev–Trinajstić information content (AvgIpc) is 2.05. The van der Waals surface area contributed by atoms with E-state index in [2.05, 4.69) is 16.8 Å². The van der Waals surface area contributed by atoms with Gasteiger partial charge >= 0.3 is 6.61 Å². The fourth-order valence-electron chi connectivity index (χ4n) is 1.16. The molecule has 0 saturated heterocycles. The number of hydrogen-bond donors (Lipinski definition) is 0. The first kappa shape index (κ1) is 11.8. The zero-order chi connectivity index (χ0) is 11.5. The lowest BCUT2D eigenvalue weighted by atomic mass is 10.2. The number of pyridine rings is 1. The highest BCUT2D eigenvalue weighted by molar-refractivity contribution is 5.17. The monoisotopic (exact) mass is 216 g/mol. The molecular weight excluding hydrogens is 202 g/mol. The molecule has 0 bridgehead atoms. The lowest BCUT2D eigenvalue weighted by Gasteiger charge is -2.32. The molecule has 3 nitrogen and oxygen atoms in total. The lowest BCUT2D eigenvalue weighted by molar-refractivity contribution is -0.859. The van der Waals surface area contributed by atoms with Gasteiger partial charge in [-0.25, -0.2) is 4.98 Å². The van der Waals surface area contributed by atoms with Gasteiger partial charge in [-0.05, 0) is 6.07 Å². The zero-order valence-corrected chi connectivity index (χ0v) is 8.78. The molecular formula is C10H14F2N2O. The Morgan fingerprint density at radius 3 is 2.53 bits per heavy atom. The Kier molecular flexibility index (Phi) is 3.57. The van der Waals surface area contributed by atoms with Gasteiger partial charge in [-0.1, -0.05) is 0 Å². The van der Waals surface area contributed by atoms with Crippen molar-refractivity contribution in [3.63, 3.8) is 0 Å². The molecule has 5 heteroatoms. The number of halogens is 2. The number of ether oxygens (including phenoxy) is 1. The van der Waals surface area contributed by atoms with Crippen molar-refractivity contribution in [3.8, 4) is 5.88 Å². The molecule has 0 atom stereocenters. The summed E-state index contributed by atoms with van der Waals surface area (Å²) in [6.45, 7) is -2.15. The first-order valence-corrected chi connectivity index (χ1v) is 4.44. The summed E-state index contributed by atoms with van der Waals surface area (Å²) in [5.74, 6) is -0.0666. The second kappa shape index (κ2) is 4.53. The van der Waals surface area contributed by atoms with Gasteiger partial charge in [0.15, 0.2) is 0 Å². The standard InChI is InChI=1S/C10H14F2N2O/c1-14(2,3)7-8-4-5-9(13-6-8)15-10(11)12/h4-6,10H,1,7H2,2-3H3. The van der Waals surface area contributed by atoms with E-state index in [0.717, 1.165) is 5.56 Å².